The molecule has 1 fully saturated rings. The van der Waals surface area contributed by atoms with E-state index in [0.29, 0.717) is 25.7 Å². The molecule has 2 unspecified atom stereocenters. The number of carbonyl (C=O) groups excluding carboxylic acids is 1. The Kier molecular flexibility index (Phi) is 9.46. The van der Waals surface area contributed by atoms with E-state index in [0.717, 1.165) is 16.9 Å². The van der Waals surface area contributed by atoms with Crippen molar-refractivity contribution in [1.82, 2.24) is 0 Å². The van der Waals surface area contributed by atoms with Crippen LogP contribution in [0.15, 0.2) is 30.4 Å². The average molecular weight is 420 g/mol. The molecule has 0 radical (unpaired) electrons. The van der Waals surface area contributed by atoms with Gasteiger partial charge in [-0.1, -0.05) is 37.3 Å². The third-order valence-corrected chi connectivity index (χ3v) is 6.03. The number of para-hydroxylation sites is 1. The van der Waals surface area contributed by atoms with Gasteiger partial charge in [0.1, 0.15) is 11.9 Å². The van der Waals surface area contributed by atoms with Crippen molar-refractivity contribution in [3.05, 3.63) is 41.5 Å². The number of fused-ring (bicyclic) bond motifs is 3. The second-order valence-electron chi connectivity index (χ2n) is 8.11. The molecule has 2 N–H and O–H groups in total. The van der Waals surface area contributed by atoms with E-state index < -0.39 is 18.2 Å². The number of rotatable bonds is 8. The number of carboxylic acid groups (broad SMARTS) is 1. The molecule has 1 heterocycles. The van der Waals surface area contributed by atoms with Gasteiger partial charge in [-0.2, -0.15) is 0 Å². The Morgan fingerprint density at radius 3 is 2.90 bits per heavy atom. The zero-order valence-electron chi connectivity index (χ0n) is 18.0. The number of benzene rings is 1. The molecule has 2 aliphatic rings. The maximum absolute atomic E-state index is 10.7. The number of aliphatic hydroxyl groups excluding tert-OH is 2. The van der Waals surface area contributed by atoms with Gasteiger partial charge in [-0.05, 0) is 37.7 Å². The van der Waals surface area contributed by atoms with Crippen LogP contribution in [0.1, 0.15) is 56.6 Å². The molecule has 3 rings (SSSR count). The number of carbonyl (C=O) groups is 1. The molecule has 1 aromatic carbocycles. The number of aliphatic hydroxyl groups is 2. The molecule has 0 saturated heterocycles. The van der Waals surface area contributed by atoms with Gasteiger partial charge in [0.25, 0.3) is 0 Å². The summed E-state index contributed by atoms with van der Waals surface area (Å²) in [4.78, 5) is 10.7. The Hall–Kier alpha value is -1.29. The molecule has 6 heteroatoms. The van der Waals surface area contributed by atoms with Crippen LogP contribution in [0.25, 0.3) is 0 Å². The van der Waals surface area contributed by atoms with E-state index in [-0.39, 0.29) is 59.8 Å². The van der Waals surface area contributed by atoms with Gasteiger partial charge in [-0.3, -0.25) is 0 Å². The summed E-state index contributed by atoms with van der Waals surface area (Å²) in [5, 5.41) is 31.7. The smallest absolute Gasteiger partial charge is 0.550 e. The first-order valence-electron chi connectivity index (χ1n) is 10.3. The summed E-state index contributed by atoms with van der Waals surface area (Å²) in [7, 11) is 0. The molecule has 0 bridgehead atoms. The van der Waals surface area contributed by atoms with Crippen LogP contribution < -0.4 is 39.4 Å². The normalized spacial score (nSPS) is 26.0. The van der Waals surface area contributed by atoms with Crippen molar-refractivity contribution >= 4 is 5.97 Å². The molecule has 0 spiro atoms. The zero-order chi connectivity index (χ0) is 21.0. The molecule has 30 heavy (non-hydrogen) atoms. The van der Waals surface area contributed by atoms with Crippen LogP contribution in [0, 0.1) is 23.7 Å². The average Bonchev–Trinajstić information content (AvgIpc) is 3.19. The van der Waals surface area contributed by atoms with Crippen molar-refractivity contribution in [3.63, 3.8) is 0 Å². The van der Waals surface area contributed by atoms with Crippen LogP contribution in [0.4, 0.5) is 0 Å². The van der Waals surface area contributed by atoms with E-state index >= 15 is 0 Å². The van der Waals surface area contributed by atoms with Crippen LogP contribution in [0.3, 0.4) is 0 Å². The van der Waals surface area contributed by atoms with Crippen molar-refractivity contribution in [2.45, 2.75) is 70.2 Å². The van der Waals surface area contributed by atoms with Gasteiger partial charge in [0.05, 0.1) is 12.2 Å². The molecule has 1 aliphatic carbocycles. The standard InChI is InChI=1S/C24H30O5.Na/c1-3-4-7-15(2)19(25)13-12-17-20(26)14-21-23(17)18-10-5-8-16(24(18)29-21)9-6-11-22(27)28;/h5,8,10,12-13,15,17,19-21,23,25-26H,6-7,9,11,14H2,1-2H3,(H,27,28);/q;+1/p-1/b13-12+;/t15?,17-,19+,20+,21?,23-;/m0./s1. The molecule has 5 nitrogen and oxygen atoms in total. The number of hydrogen-bond donors (Lipinski definition) is 2. The fourth-order valence-corrected chi connectivity index (χ4v) is 4.40. The molecular weight excluding hydrogens is 391 g/mol. The first kappa shape index (κ1) is 25.0. The Bertz CT molecular complexity index is 825. The number of aliphatic carboxylic acids is 1. The molecule has 1 aromatic rings. The number of carboxylic acids is 1. The van der Waals surface area contributed by atoms with Crippen LogP contribution in [-0.2, 0) is 11.2 Å². The molecule has 1 aliphatic heterocycles. The van der Waals surface area contributed by atoms with Gasteiger partial charge in [0, 0.05) is 36.2 Å². The maximum Gasteiger partial charge on any atom is 1.00 e. The minimum absolute atomic E-state index is 0. The number of aryl methyl sites for hydroxylation is 1. The van der Waals surface area contributed by atoms with Crippen molar-refractivity contribution < 1.29 is 54.4 Å². The minimum atomic E-state index is -1.04. The summed E-state index contributed by atoms with van der Waals surface area (Å²) in [6.07, 6.45) is 4.80. The minimum Gasteiger partial charge on any atom is -0.550 e. The van der Waals surface area contributed by atoms with Crippen LogP contribution >= 0.6 is 0 Å². The second-order valence-corrected chi connectivity index (χ2v) is 8.11. The summed E-state index contributed by atoms with van der Waals surface area (Å²) in [5.74, 6) is 5.56. The van der Waals surface area contributed by atoms with E-state index in [2.05, 4.69) is 11.8 Å². The monoisotopic (exact) mass is 420 g/mol. The summed E-state index contributed by atoms with van der Waals surface area (Å²) in [6.45, 7) is 3.74. The van der Waals surface area contributed by atoms with Crippen LogP contribution in [0.2, 0.25) is 0 Å². The number of hydrogen-bond acceptors (Lipinski definition) is 5. The fourth-order valence-electron chi connectivity index (χ4n) is 4.40. The molecule has 6 atom stereocenters. The van der Waals surface area contributed by atoms with E-state index in [9.17, 15) is 20.1 Å². The van der Waals surface area contributed by atoms with Gasteiger partial charge in [-0.15, -0.1) is 11.8 Å². The van der Waals surface area contributed by atoms with Crippen molar-refractivity contribution in [1.29, 1.82) is 0 Å². The first-order valence-corrected chi connectivity index (χ1v) is 10.3. The van der Waals surface area contributed by atoms with E-state index in [1.807, 2.05) is 31.2 Å². The van der Waals surface area contributed by atoms with E-state index in [4.69, 9.17) is 4.74 Å². The van der Waals surface area contributed by atoms with Gasteiger partial charge >= 0.3 is 29.6 Å². The van der Waals surface area contributed by atoms with Gasteiger partial charge < -0.3 is 24.9 Å². The largest absolute Gasteiger partial charge is 1.00 e. The topological polar surface area (TPSA) is 89.8 Å². The van der Waals surface area contributed by atoms with Gasteiger partial charge in [0.15, 0.2) is 0 Å². The summed E-state index contributed by atoms with van der Waals surface area (Å²) >= 11 is 0. The predicted molar refractivity (Wildman–Crippen MR) is 108 cm³/mol. The molecular formula is C24H29NaO5. The first-order chi connectivity index (χ1) is 13.9. The second kappa shape index (κ2) is 11.4. The van der Waals surface area contributed by atoms with Crippen molar-refractivity contribution in [2.75, 3.05) is 0 Å². The van der Waals surface area contributed by atoms with Gasteiger partial charge in [0.2, 0.25) is 0 Å². The molecule has 1 saturated carbocycles. The maximum atomic E-state index is 10.7. The third kappa shape index (κ3) is 5.69. The predicted octanol–water partition coefficient (Wildman–Crippen LogP) is -1.04. The fraction of sp³-hybridized carbons (Fsp3) is 0.542. The SMILES string of the molecule is CC#CCC(C)[C@H](O)/C=C/[C@H]1[C@H](O)CC2Oc3c(CCCC(=O)[O-])cccc3[C@@H]21.[Na+]. The third-order valence-electron chi connectivity index (χ3n) is 6.03. The summed E-state index contributed by atoms with van der Waals surface area (Å²) < 4.78 is 6.19. The summed E-state index contributed by atoms with van der Waals surface area (Å²) in [5.41, 5.74) is 2.06. The van der Waals surface area contributed by atoms with E-state index in [1.165, 1.54) is 0 Å². The Labute approximate surface area is 200 Å². The zero-order valence-corrected chi connectivity index (χ0v) is 20.0. The quantitative estimate of drug-likeness (QED) is 0.319. The Balaban J connectivity index is 0.00000320. The van der Waals surface area contributed by atoms with Crippen molar-refractivity contribution in [2.24, 2.45) is 11.8 Å². The molecule has 0 amide bonds. The Morgan fingerprint density at radius 1 is 1.43 bits per heavy atom. The van der Waals surface area contributed by atoms with Crippen LogP contribution in [-0.4, -0.2) is 34.5 Å². The molecule has 0 aromatic heterocycles. The summed E-state index contributed by atoms with van der Waals surface area (Å²) in [6, 6.07) is 5.96. The number of ether oxygens (including phenoxy) is 1. The van der Waals surface area contributed by atoms with Gasteiger partial charge in [-0.25, -0.2) is 0 Å². The van der Waals surface area contributed by atoms with Crippen molar-refractivity contribution in [3.8, 4) is 17.6 Å². The van der Waals surface area contributed by atoms with E-state index in [1.54, 1.807) is 13.0 Å². The van der Waals surface area contributed by atoms with Crippen LogP contribution in [0.5, 0.6) is 5.75 Å². The Morgan fingerprint density at radius 2 is 2.20 bits per heavy atom. The molecule has 156 valence electrons.